The van der Waals surface area contributed by atoms with Crippen molar-refractivity contribution in [3.05, 3.63) is 45.7 Å². The molecule has 6 heteroatoms. The summed E-state index contributed by atoms with van der Waals surface area (Å²) in [4.78, 5) is 5.72. The maximum atomic E-state index is 12.8. The van der Waals surface area contributed by atoms with Gasteiger partial charge in [0.1, 0.15) is 28.2 Å². The Morgan fingerprint density at radius 1 is 1.40 bits per heavy atom. The lowest BCUT2D eigenvalue weighted by Crippen LogP contribution is -2.10. The first-order valence-electron chi connectivity index (χ1n) is 6.15. The normalized spacial score (nSPS) is 10.8. The van der Waals surface area contributed by atoms with Gasteiger partial charge in [0.15, 0.2) is 0 Å². The molecule has 1 aromatic carbocycles. The first-order valence-corrected chi connectivity index (χ1v) is 7.37. The predicted molar refractivity (Wildman–Crippen MR) is 82.8 cm³/mol. The Morgan fingerprint density at radius 3 is 2.55 bits per heavy atom. The highest BCUT2D eigenvalue weighted by Crippen LogP contribution is 2.26. The summed E-state index contributed by atoms with van der Waals surface area (Å²) in [7, 11) is 0. The number of thiocarbonyl (C=S) groups is 1. The smallest absolute Gasteiger partial charge is 0.140 e. The van der Waals surface area contributed by atoms with E-state index in [4.69, 9.17) is 22.7 Å². The molecule has 1 aromatic heterocycles. The summed E-state index contributed by atoms with van der Waals surface area (Å²) in [5, 5.41) is 0.806. The van der Waals surface area contributed by atoms with Crippen LogP contribution >= 0.6 is 23.6 Å². The topological polar surface area (TPSA) is 48.1 Å². The molecule has 2 rings (SSSR count). The Labute approximate surface area is 126 Å². The Morgan fingerprint density at radius 2 is 2.05 bits per heavy atom. The number of aromatic nitrogens is 1. The van der Waals surface area contributed by atoms with E-state index in [0.717, 1.165) is 15.6 Å². The summed E-state index contributed by atoms with van der Waals surface area (Å²) >= 11 is 6.48. The van der Waals surface area contributed by atoms with Gasteiger partial charge in [-0.15, -0.1) is 11.3 Å². The van der Waals surface area contributed by atoms with Crippen LogP contribution in [0.4, 0.5) is 4.39 Å². The number of hydrogen-bond donors (Lipinski definition) is 1. The lowest BCUT2D eigenvalue weighted by Gasteiger charge is -2.03. The molecule has 1 heterocycles. The lowest BCUT2D eigenvalue weighted by atomic mass is 10.1. The average molecular weight is 310 g/mol. The second kappa shape index (κ2) is 6.28. The minimum atomic E-state index is -0.288. The standard InChI is InChI=1S/C14H15FN2OS2/c1-8(2)12-13(14(16)19)20-11(17-12)7-18-10-5-3-9(15)4-6-10/h3-6,8H,7H2,1-2H3,(H2,16,19). The average Bonchev–Trinajstić information content (AvgIpc) is 2.83. The zero-order chi connectivity index (χ0) is 14.7. The SMILES string of the molecule is CC(C)c1nc(COc2ccc(F)cc2)sc1C(N)=S. The van der Waals surface area contributed by atoms with Crippen LogP contribution in [0.2, 0.25) is 0 Å². The van der Waals surface area contributed by atoms with Gasteiger partial charge in [-0.05, 0) is 30.2 Å². The van der Waals surface area contributed by atoms with E-state index in [1.165, 1.54) is 23.5 Å². The van der Waals surface area contributed by atoms with Crippen molar-refractivity contribution >= 4 is 28.5 Å². The van der Waals surface area contributed by atoms with E-state index in [1.54, 1.807) is 12.1 Å². The summed E-state index contributed by atoms with van der Waals surface area (Å²) in [5.74, 6) is 0.566. The monoisotopic (exact) mass is 310 g/mol. The van der Waals surface area contributed by atoms with Crippen molar-refractivity contribution in [2.24, 2.45) is 5.73 Å². The van der Waals surface area contributed by atoms with Crippen LogP contribution < -0.4 is 10.5 Å². The Balaban J connectivity index is 2.12. The number of nitrogens with zero attached hydrogens (tertiary/aromatic N) is 1. The molecule has 0 saturated heterocycles. The van der Waals surface area contributed by atoms with Crippen molar-refractivity contribution in [2.75, 3.05) is 0 Å². The molecule has 20 heavy (non-hydrogen) atoms. The van der Waals surface area contributed by atoms with Crippen LogP contribution in [0.1, 0.15) is 35.3 Å². The van der Waals surface area contributed by atoms with Crippen LogP contribution in [-0.2, 0) is 6.61 Å². The minimum absolute atomic E-state index is 0.252. The molecular formula is C14H15FN2OS2. The molecule has 106 valence electrons. The van der Waals surface area contributed by atoms with Gasteiger partial charge < -0.3 is 10.5 Å². The van der Waals surface area contributed by atoms with Crippen molar-refractivity contribution in [1.29, 1.82) is 0 Å². The van der Waals surface area contributed by atoms with Crippen molar-refractivity contribution < 1.29 is 9.13 Å². The van der Waals surface area contributed by atoms with Crippen LogP contribution in [-0.4, -0.2) is 9.97 Å². The van der Waals surface area contributed by atoms with E-state index in [-0.39, 0.29) is 11.7 Å². The van der Waals surface area contributed by atoms with Gasteiger partial charge in [0.2, 0.25) is 0 Å². The fourth-order valence-corrected chi connectivity index (χ4v) is 2.90. The Hall–Kier alpha value is -1.53. The molecule has 0 spiro atoms. The number of rotatable bonds is 5. The number of nitrogens with two attached hydrogens (primary N) is 1. The molecule has 0 aliphatic rings. The Bertz CT molecular complexity index is 608. The molecule has 0 aliphatic heterocycles. The number of thiazole rings is 1. The second-order valence-electron chi connectivity index (χ2n) is 4.58. The van der Waals surface area contributed by atoms with Gasteiger partial charge in [0.25, 0.3) is 0 Å². The molecule has 0 saturated carbocycles. The molecule has 0 radical (unpaired) electrons. The van der Waals surface area contributed by atoms with E-state index in [9.17, 15) is 4.39 Å². The van der Waals surface area contributed by atoms with Crippen molar-refractivity contribution in [1.82, 2.24) is 4.98 Å². The Kier molecular flexibility index (Phi) is 4.67. The van der Waals surface area contributed by atoms with Gasteiger partial charge in [0, 0.05) is 0 Å². The van der Waals surface area contributed by atoms with Gasteiger partial charge in [-0.1, -0.05) is 26.1 Å². The van der Waals surface area contributed by atoms with E-state index >= 15 is 0 Å². The molecular weight excluding hydrogens is 295 g/mol. The quantitative estimate of drug-likeness (QED) is 0.857. The molecule has 0 atom stereocenters. The van der Waals surface area contributed by atoms with Crippen molar-refractivity contribution in [3.63, 3.8) is 0 Å². The van der Waals surface area contributed by atoms with Gasteiger partial charge in [-0.3, -0.25) is 0 Å². The minimum Gasteiger partial charge on any atom is -0.486 e. The molecule has 0 aliphatic carbocycles. The molecule has 0 amide bonds. The molecule has 2 N–H and O–H groups in total. The van der Waals surface area contributed by atoms with E-state index in [1.807, 2.05) is 13.8 Å². The van der Waals surface area contributed by atoms with Gasteiger partial charge in [0.05, 0.1) is 10.6 Å². The zero-order valence-corrected chi connectivity index (χ0v) is 12.9. The molecule has 0 bridgehead atoms. The van der Waals surface area contributed by atoms with E-state index < -0.39 is 0 Å². The highest BCUT2D eigenvalue weighted by atomic mass is 32.1. The summed E-state index contributed by atoms with van der Waals surface area (Å²) in [6, 6.07) is 5.88. The van der Waals surface area contributed by atoms with Crippen LogP contribution in [0.5, 0.6) is 5.75 Å². The fraction of sp³-hybridized carbons (Fsp3) is 0.286. The zero-order valence-electron chi connectivity index (χ0n) is 11.2. The number of benzene rings is 1. The third-order valence-electron chi connectivity index (χ3n) is 2.64. The van der Waals surface area contributed by atoms with Gasteiger partial charge >= 0.3 is 0 Å². The summed E-state index contributed by atoms with van der Waals surface area (Å²) in [6.07, 6.45) is 0. The van der Waals surface area contributed by atoms with Crippen LogP contribution in [0, 0.1) is 5.82 Å². The highest BCUT2D eigenvalue weighted by molar-refractivity contribution is 7.81. The first-order chi connectivity index (χ1) is 9.47. The maximum Gasteiger partial charge on any atom is 0.140 e. The van der Waals surface area contributed by atoms with Crippen molar-refractivity contribution in [3.8, 4) is 5.75 Å². The van der Waals surface area contributed by atoms with Gasteiger partial charge in [-0.2, -0.15) is 0 Å². The first kappa shape index (κ1) is 14.9. The third kappa shape index (κ3) is 3.52. The summed E-state index contributed by atoms with van der Waals surface area (Å²) in [5.41, 5.74) is 6.61. The highest BCUT2D eigenvalue weighted by Gasteiger charge is 2.16. The predicted octanol–water partition coefficient (Wildman–Crippen LogP) is 3.62. The summed E-state index contributed by atoms with van der Waals surface area (Å²) in [6.45, 7) is 4.40. The maximum absolute atomic E-state index is 12.8. The number of hydrogen-bond acceptors (Lipinski definition) is 4. The van der Waals surface area contributed by atoms with Crippen LogP contribution in [0.25, 0.3) is 0 Å². The van der Waals surface area contributed by atoms with Gasteiger partial charge in [-0.25, -0.2) is 9.37 Å². The lowest BCUT2D eigenvalue weighted by molar-refractivity contribution is 0.304. The third-order valence-corrected chi connectivity index (χ3v) is 4.06. The van der Waals surface area contributed by atoms with E-state index in [2.05, 4.69) is 4.98 Å². The molecule has 2 aromatic rings. The molecule has 3 nitrogen and oxygen atoms in total. The summed E-state index contributed by atoms with van der Waals surface area (Å²) < 4.78 is 18.4. The van der Waals surface area contributed by atoms with Crippen LogP contribution in [0.3, 0.4) is 0 Å². The molecule has 0 unspecified atom stereocenters. The number of ether oxygens (including phenoxy) is 1. The largest absolute Gasteiger partial charge is 0.486 e. The molecule has 0 fully saturated rings. The second-order valence-corrected chi connectivity index (χ2v) is 6.11. The van der Waals surface area contributed by atoms with Crippen LogP contribution in [0.15, 0.2) is 24.3 Å². The number of halogens is 1. The van der Waals surface area contributed by atoms with E-state index in [0.29, 0.717) is 17.3 Å². The fourth-order valence-electron chi connectivity index (χ4n) is 1.68. The van der Waals surface area contributed by atoms with Crippen molar-refractivity contribution in [2.45, 2.75) is 26.4 Å².